The summed E-state index contributed by atoms with van der Waals surface area (Å²) in [7, 11) is -3.59. The van der Waals surface area contributed by atoms with E-state index in [1.807, 2.05) is 42.5 Å². The van der Waals surface area contributed by atoms with Crippen LogP contribution in [0.5, 0.6) is 0 Å². The maximum absolute atomic E-state index is 12.7. The minimum Gasteiger partial charge on any atom is -0.325 e. The Morgan fingerprint density at radius 1 is 1.09 bits per heavy atom. The van der Waals surface area contributed by atoms with Gasteiger partial charge in [0.15, 0.2) is 0 Å². The molecule has 0 bridgehead atoms. The summed E-state index contributed by atoms with van der Waals surface area (Å²) in [6.07, 6.45) is 3.73. The van der Waals surface area contributed by atoms with E-state index in [0.717, 1.165) is 5.56 Å². The first kappa shape index (κ1) is 23.7. The Morgan fingerprint density at radius 2 is 1.84 bits per heavy atom. The van der Waals surface area contributed by atoms with Gasteiger partial charge in [0.1, 0.15) is 5.82 Å². The molecule has 2 N–H and O–H groups in total. The Morgan fingerprint density at radius 3 is 2.56 bits per heavy atom. The summed E-state index contributed by atoms with van der Waals surface area (Å²) in [5.41, 5.74) is 1.47. The van der Waals surface area contributed by atoms with Crippen molar-refractivity contribution in [3.8, 4) is 0 Å². The molecule has 0 saturated heterocycles. The predicted octanol–water partition coefficient (Wildman–Crippen LogP) is 3.74. The first-order valence-corrected chi connectivity index (χ1v) is 12.5. The molecule has 0 unspecified atom stereocenters. The van der Waals surface area contributed by atoms with Gasteiger partial charge in [-0.1, -0.05) is 68.1 Å². The number of nitrogens with one attached hydrogen (secondary N) is 2. The summed E-state index contributed by atoms with van der Waals surface area (Å²) in [6, 6.07) is 16.1. The highest BCUT2D eigenvalue weighted by atomic mass is 32.2. The van der Waals surface area contributed by atoms with Crippen LogP contribution in [0, 0.1) is 0 Å². The third-order valence-electron chi connectivity index (χ3n) is 4.51. The van der Waals surface area contributed by atoms with Gasteiger partial charge in [0.2, 0.25) is 21.1 Å². The summed E-state index contributed by atoms with van der Waals surface area (Å²) in [5, 5.41) is 10.1. The highest BCUT2D eigenvalue weighted by Crippen LogP contribution is 2.20. The molecule has 3 rings (SSSR count). The molecule has 0 atom stereocenters. The number of hydrogen-bond acceptors (Lipinski definition) is 6. The Balaban J connectivity index is 1.57. The molecule has 2 aromatic carbocycles. The van der Waals surface area contributed by atoms with E-state index in [4.69, 9.17) is 0 Å². The fourth-order valence-electron chi connectivity index (χ4n) is 2.91. The van der Waals surface area contributed by atoms with Crippen LogP contribution in [-0.4, -0.2) is 52.7 Å². The summed E-state index contributed by atoms with van der Waals surface area (Å²) in [4.78, 5) is 16.8. The van der Waals surface area contributed by atoms with Gasteiger partial charge in [-0.15, -0.1) is 5.10 Å². The summed E-state index contributed by atoms with van der Waals surface area (Å²) in [6.45, 7) is 4.34. The van der Waals surface area contributed by atoms with Gasteiger partial charge < -0.3 is 5.32 Å². The summed E-state index contributed by atoms with van der Waals surface area (Å²) >= 11 is 1.19. The van der Waals surface area contributed by atoms with Crippen molar-refractivity contribution in [1.82, 2.24) is 19.5 Å². The number of nitrogens with zero attached hydrogens (tertiary/aromatic N) is 3. The van der Waals surface area contributed by atoms with Crippen molar-refractivity contribution in [2.45, 2.75) is 23.9 Å². The number of anilines is 1. The van der Waals surface area contributed by atoms with Gasteiger partial charge in [0, 0.05) is 18.8 Å². The Bertz CT molecular complexity index is 1170. The van der Waals surface area contributed by atoms with E-state index in [0.29, 0.717) is 29.8 Å². The molecule has 0 saturated carbocycles. The van der Waals surface area contributed by atoms with E-state index >= 15 is 0 Å². The van der Waals surface area contributed by atoms with Crippen LogP contribution in [0.1, 0.15) is 25.2 Å². The standard InChI is InChI=1S/C22H25N5O3S2/c1-3-27(4-2)32(29,30)19-12-8-11-18(15-19)23-21(28)16-31-22-24-20(25-26-22)14-13-17-9-6-5-7-10-17/h5-15H,3-4,16H2,1-2H3,(H,23,28)(H,24,25,26)/b14-13+. The molecule has 10 heteroatoms. The summed E-state index contributed by atoms with van der Waals surface area (Å²) < 4.78 is 26.7. The monoisotopic (exact) mass is 471 g/mol. The molecule has 1 aromatic heterocycles. The topological polar surface area (TPSA) is 108 Å². The number of carbonyl (C=O) groups is 1. The largest absolute Gasteiger partial charge is 0.325 e. The SMILES string of the molecule is CCN(CC)S(=O)(=O)c1cccc(NC(=O)CSc2n[nH]c(/C=C/c3ccccc3)n2)c1. The first-order chi connectivity index (χ1) is 15.4. The van der Waals surface area contributed by atoms with E-state index in [9.17, 15) is 13.2 Å². The highest BCUT2D eigenvalue weighted by molar-refractivity contribution is 7.99. The van der Waals surface area contributed by atoms with Crippen molar-refractivity contribution in [3.05, 3.63) is 66.0 Å². The average molecular weight is 472 g/mol. The third kappa shape index (κ3) is 6.28. The molecular weight excluding hydrogens is 446 g/mol. The number of benzene rings is 2. The number of amides is 1. The number of thioether (sulfide) groups is 1. The van der Waals surface area contributed by atoms with Crippen molar-refractivity contribution in [3.63, 3.8) is 0 Å². The summed E-state index contributed by atoms with van der Waals surface area (Å²) in [5.74, 6) is 0.400. The molecule has 0 spiro atoms. The van der Waals surface area contributed by atoms with E-state index < -0.39 is 10.0 Å². The van der Waals surface area contributed by atoms with Crippen LogP contribution in [0.25, 0.3) is 12.2 Å². The normalized spacial score (nSPS) is 11.8. The van der Waals surface area contributed by atoms with Gasteiger partial charge in [-0.05, 0) is 29.8 Å². The zero-order valence-corrected chi connectivity index (χ0v) is 19.5. The Kier molecular flexibility index (Phi) is 8.20. The lowest BCUT2D eigenvalue weighted by molar-refractivity contribution is -0.113. The quantitative estimate of drug-likeness (QED) is 0.436. The van der Waals surface area contributed by atoms with Crippen LogP contribution in [0.15, 0.2) is 64.6 Å². The van der Waals surface area contributed by atoms with Crippen LogP contribution in [0.4, 0.5) is 5.69 Å². The average Bonchev–Trinajstić information content (AvgIpc) is 3.26. The van der Waals surface area contributed by atoms with E-state index in [1.54, 1.807) is 26.0 Å². The highest BCUT2D eigenvalue weighted by Gasteiger charge is 2.21. The Labute approximate surface area is 192 Å². The molecule has 32 heavy (non-hydrogen) atoms. The van der Waals surface area contributed by atoms with Gasteiger partial charge >= 0.3 is 0 Å². The number of sulfonamides is 1. The number of rotatable bonds is 10. The molecule has 1 amide bonds. The van der Waals surface area contributed by atoms with Crippen molar-refractivity contribution in [2.75, 3.05) is 24.2 Å². The fraction of sp³-hybridized carbons (Fsp3) is 0.227. The van der Waals surface area contributed by atoms with E-state index in [2.05, 4.69) is 20.5 Å². The fourth-order valence-corrected chi connectivity index (χ4v) is 5.02. The second-order valence-corrected chi connectivity index (χ2v) is 9.58. The molecule has 0 radical (unpaired) electrons. The van der Waals surface area contributed by atoms with Gasteiger partial charge in [-0.3, -0.25) is 9.89 Å². The lowest BCUT2D eigenvalue weighted by Gasteiger charge is -2.18. The third-order valence-corrected chi connectivity index (χ3v) is 7.40. The molecule has 0 fully saturated rings. The number of aromatic nitrogens is 3. The molecule has 8 nitrogen and oxygen atoms in total. The van der Waals surface area contributed by atoms with Gasteiger partial charge in [-0.2, -0.15) is 4.31 Å². The Hall–Kier alpha value is -2.95. The molecule has 0 aliphatic carbocycles. The lowest BCUT2D eigenvalue weighted by Crippen LogP contribution is -2.30. The van der Waals surface area contributed by atoms with Gasteiger partial charge in [0.05, 0.1) is 10.6 Å². The maximum Gasteiger partial charge on any atom is 0.243 e. The van der Waals surface area contributed by atoms with Gasteiger partial charge in [-0.25, -0.2) is 13.4 Å². The van der Waals surface area contributed by atoms with Crippen LogP contribution < -0.4 is 5.32 Å². The lowest BCUT2D eigenvalue weighted by atomic mass is 10.2. The second-order valence-electron chi connectivity index (χ2n) is 6.70. The minimum atomic E-state index is -3.59. The predicted molar refractivity (Wildman–Crippen MR) is 128 cm³/mol. The zero-order chi connectivity index (χ0) is 23.0. The van der Waals surface area contributed by atoms with E-state index in [1.165, 1.54) is 28.2 Å². The van der Waals surface area contributed by atoms with Gasteiger partial charge in [0.25, 0.3) is 0 Å². The molecule has 168 valence electrons. The zero-order valence-electron chi connectivity index (χ0n) is 17.9. The second kappa shape index (κ2) is 11.1. The van der Waals surface area contributed by atoms with Crippen LogP contribution in [0.2, 0.25) is 0 Å². The number of aromatic amines is 1. The van der Waals surface area contributed by atoms with Crippen molar-refractivity contribution < 1.29 is 13.2 Å². The molecule has 0 aliphatic heterocycles. The maximum atomic E-state index is 12.7. The molecule has 1 heterocycles. The van der Waals surface area contributed by atoms with Crippen molar-refractivity contribution in [1.29, 1.82) is 0 Å². The smallest absolute Gasteiger partial charge is 0.243 e. The minimum absolute atomic E-state index is 0.0900. The van der Waals surface area contributed by atoms with Crippen molar-refractivity contribution in [2.24, 2.45) is 0 Å². The molecular formula is C22H25N5O3S2. The number of carbonyl (C=O) groups excluding carboxylic acids is 1. The van der Waals surface area contributed by atoms with Crippen LogP contribution in [0.3, 0.4) is 0 Å². The first-order valence-electron chi connectivity index (χ1n) is 10.1. The van der Waals surface area contributed by atoms with E-state index in [-0.39, 0.29) is 16.6 Å². The molecule has 3 aromatic rings. The number of H-pyrrole nitrogens is 1. The van der Waals surface area contributed by atoms with Crippen LogP contribution >= 0.6 is 11.8 Å². The van der Waals surface area contributed by atoms with Crippen LogP contribution in [-0.2, 0) is 14.8 Å². The number of hydrogen-bond donors (Lipinski definition) is 2. The molecule has 0 aliphatic rings. The van der Waals surface area contributed by atoms with Crippen molar-refractivity contribution >= 4 is 45.5 Å².